The van der Waals surface area contributed by atoms with Crippen LogP contribution in [0, 0.1) is 6.92 Å². The quantitative estimate of drug-likeness (QED) is 0.515. The summed E-state index contributed by atoms with van der Waals surface area (Å²) in [5.74, 6) is 0.807. The number of hydrogen-bond donors (Lipinski definition) is 1. The van der Waals surface area contributed by atoms with Gasteiger partial charge in [-0.15, -0.1) is 11.3 Å². The predicted molar refractivity (Wildman–Crippen MR) is 124 cm³/mol. The van der Waals surface area contributed by atoms with Crippen molar-refractivity contribution in [2.24, 2.45) is 5.10 Å². The minimum atomic E-state index is -0.461. The zero-order valence-corrected chi connectivity index (χ0v) is 19.4. The van der Waals surface area contributed by atoms with E-state index in [4.69, 9.17) is 9.47 Å². The average molecular weight is 446 g/mol. The number of anilines is 1. The molecule has 0 atom stereocenters. The number of hydrogen-bond acceptors (Lipinski definition) is 8. The first-order chi connectivity index (χ1) is 14.8. The van der Waals surface area contributed by atoms with Gasteiger partial charge in [-0.3, -0.25) is 10.3 Å². The van der Waals surface area contributed by atoms with Crippen molar-refractivity contribution in [3.8, 4) is 5.75 Å². The standard InChI is InChI=1S/C22H31N5O3S/c1-17-16-31-20(24-17)25-23-15-18-6-5-7-19(14-18)29-13-12-26-8-10-27(11-9-26)21(28)30-22(2,3)4/h5-7,14-16H,8-13H2,1-4H3,(H,24,25). The number of aromatic nitrogens is 1. The number of ether oxygens (including phenoxy) is 2. The molecule has 0 aliphatic carbocycles. The zero-order valence-electron chi connectivity index (χ0n) is 18.6. The maximum atomic E-state index is 12.2. The summed E-state index contributed by atoms with van der Waals surface area (Å²) in [4.78, 5) is 20.5. The number of amides is 1. The highest BCUT2D eigenvalue weighted by molar-refractivity contribution is 7.13. The van der Waals surface area contributed by atoms with Crippen LogP contribution in [-0.4, -0.2) is 72.0 Å². The number of carbonyl (C=O) groups is 1. The Labute approximate surface area is 187 Å². The number of benzene rings is 1. The van der Waals surface area contributed by atoms with Crippen LogP contribution in [-0.2, 0) is 4.74 Å². The maximum absolute atomic E-state index is 12.2. The van der Waals surface area contributed by atoms with E-state index in [9.17, 15) is 4.79 Å². The second-order valence-corrected chi connectivity index (χ2v) is 9.25. The molecule has 1 aliphatic heterocycles. The summed E-state index contributed by atoms with van der Waals surface area (Å²) in [6, 6.07) is 7.82. The van der Waals surface area contributed by atoms with Gasteiger partial charge in [-0.25, -0.2) is 9.78 Å². The lowest BCUT2D eigenvalue weighted by Gasteiger charge is -2.35. The van der Waals surface area contributed by atoms with Gasteiger partial charge in [0.15, 0.2) is 0 Å². The largest absolute Gasteiger partial charge is 0.492 e. The molecule has 1 aliphatic rings. The first kappa shape index (κ1) is 23.0. The Morgan fingerprint density at radius 3 is 2.74 bits per heavy atom. The van der Waals surface area contributed by atoms with Crippen LogP contribution < -0.4 is 10.2 Å². The number of piperazine rings is 1. The summed E-state index contributed by atoms with van der Waals surface area (Å²) in [7, 11) is 0. The Balaban J connectivity index is 1.38. The van der Waals surface area contributed by atoms with Crippen molar-refractivity contribution in [2.75, 3.05) is 44.8 Å². The van der Waals surface area contributed by atoms with Crippen molar-refractivity contribution >= 4 is 28.8 Å². The fourth-order valence-corrected chi connectivity index (χ4v) is 3.66. The highest BCUT2D eigenvalue weighted by Crippen LogP contribution is 2.15. The molecule has 0 saturated carbocycles. The van der Waals surface area contributed by atoms with Crippen LogP contribution in [0.25, 0.3) is 0 Å². The van der Waals surface area contributed by atoms with Crippen molar-refractivity contribution in [3.63, 3.8) is 0 Å². The smallest absolute Gasteiger partial charge is 0.410 e. The monoisotopic (exact) mass is 445 g/mol. The summed E-state index contributed by atoms with van der Waals surface area (Å²) in [5.41, 5.74) is 4.40. The van der Waals surface area contributed by atoms with Gasteiger partial charge in [0.25, 0.3) is 0 Å². The lowest BCUT2D eigenvalue weighted by Crippen LogP contribution is -2.50. The molecule has 0 radical (unpaired) electrons. The molecule has 2 heterocycles. The number of nitrogens with zero attached hydrogens (tertiary/aromatic N) is 4. The molecule has 2 aromatic rings. The van der Waals surface area contributed by atoms with Crippen LogP contribution in [0.15, 0.2) is 34.7 Å². The van der Waals surface area contributed by atoms with Crippen molar-refractivity contribution in [3.05, 3.63) is 40.9 Å². The lowest BCUT2D eigenvalue weighted by atomic mass is 10.2. The van der Waals surface area contributed by atoms with Crippen LogP contribution in [0.5, 0.6) is 5.75 Å². The minimum Gasteiger partial charge on any atom is -0.492 e. The SMILES string of the molecule is Cc1csc(NN=Cc2cccc(OCCN3CCN(C(=O)OC(C)(C)C)CC3)c2)n1. The first-order valence-corrected chi connectivity index (χ1v) is 11.3. The number of hydrazone groups is 1. The molecule has 1 aromatic carbocycles. The molecular formula is C22H31N5O3S. The van der Waals surface area contributed by atoms with E-state index in [2.05, 4.69) is 20.4 Å². The Morgan fingerprint density at radius 2 is 2.06 bits per heavy atom. The zero-order chi connectivity index (χ0) is 22.3. The number of aryl methyl sites for hydroxylation is 1. The molecule has 0 bridgehead atoms. The topological polar surface area (TPSA) is 79.3 Å². The Kier molecular flexibility index (Phi) is 7.86. The van der Waals surface area contributed by atoms with Gasteiger partial charge < -0.3 is 14.4 Å². The van der Waals surface area contributed by atoms with Gasteiger partial charge in [-0.1, -0.05) is 12.1 Å². The Hall–Kier alpha value is -2.65. The Bertz CT molecular complexity index is 885. The summed E-state index contributed by atoms with van der Waals surface area (Å²) >= 11 is 1.52. The van der Waals surface area contributed by atoms with Gasteiger partial charge in [0.2, 0.25) is 5.13 Å². The van der Waals surface area contributed by atoms with Gasteiger partial charge in [0.1, 0.15) is 18.0 Å². The third-order valence-electron chi connectivity index (χ3n) is 4.55. The molecule has 31 heavy (non-hydrogen) atoms. The highest BCUT2D eigenvalue weighted by Gasteiger charge is 2.25. The lowest BCUT2D eigenvalue weighted by molar-refractivity contribution is 0.0137. The number of carbonyl (C=O) groups excluding carboxylic acids is 1. The van der Waals surface area contributed by atoms with E-state index in [1.54, 1.807) is 11.1 Å². The molecule has 1 fully saturated rings. The van der Waals surface area contributed by atoms with Crippen LogP contribution in [0.3, 0.4) is 0 Å². The van der Waals surface area contributed by atoms with Gasteiger partial charge in [-0.05, 0) is 45.4 Å². The van der Waals surface area contributed by atoms with E-state index in [0.717, 1.165) is 41.8 Å². The van der Waals surface area contributed by atoms with Crippen molar-refractivity contribution in [1.82, 2.24) is 14.8 Å². The fourth-order valence-electron chi connectivity index (χ4n) is 3.03. The highest BCUT2D eigenvalue weighted by atomic mass is 32.1. The molecule has 1 aromatic heterocycles. The van der Waals surface area contributed by atoms with E-state index < -0.39 is 5.60 Å². The molecule has 9 heteroatoms. The van der Waals surface area contributed by atoms with Crippen LogP contribution >= 0.6 is 11.3 Å². The van der Waals surface area contributed by atoms with Crippen molar-refractivity contribution < 1.29 is 14.3 Å². The van der Waals surface area contributed by atoms with Gasteiger partial charge in [-0.2, -0.15) is 5.10 Å². The molecule has 3 rings (SSSR count). The first-order valence-electron chi connectivity index (χ1n) is 10.4. The second-order valence-electron chi connectivity index (χ2n) is 8.39. The summed E-state index contributed by atoms with van der Waals surface area (Å²) < 4.78 is 11.4. The maximum Gasteiger partial charge on any atom is 0.410 e. The molecule has 1 N–H and O–H groups in total. The normalized spacial score (nSPS) is 15.3. The van der Waals surface area contributed by atoms with Crippen LogP contribution in [0.2, 0.25) is 0 Å². The molecule has 1 amide bonds. The summed E-state index contributed by atoms with van der Waals surface area (Å²) in [5, 5.41) is 6.98. The number of rotatable bonds is 7. The Morgan fingerprint density at radius 1 is 1.29 bits per heavy atom. The van der Waals surface area contributed by atoms with Gasteiger partial charge in [0, 0.05) is 38.1 Å². The molecule has 0 spiro atoms. The van der Waals surface area contributed by atoms with Crippen molar-refractivity contribution in [1.29, 1.82) is 0 Å². The van der Waals surface area contributed by atoms with E-state index in [0.29, 0.717) is 19.7 Å². The summed E-state index contributed by atoms with van der Waals surface area (Å²) in [6.45, 7) is 12.0. The third kappa shape index (κ3) is 7.84. The molecule has 1 saturated heterocycles. The fraction of sp³-hybridized carbons (Fsp3) is 0.500. The van der Waals surface area contributed by atoms with E-state index in [1.807, 2.05) is 57.3 Å². The van der Waals surface area contributed by atoms with E-state index in [1.165, 1.54) is 11.3 Å². The molecular weight excluding hydrogens is 414 g/mol. The van der Waals surface area contributed by atoms with Crippen LogP contribution in [0.4, 0.5) is 9.93 Å². The van der Waals surface area contributed by atoms with Gasteiger partial charge >= 0.3 is 6.09 Å². The second kappa shape index (κ2) is 10.6. The molecule has 0 unspecified atom stereocenters. The van der Waals surface area contributed by atoms with Crippen LogP contribution in [0.1, 0.15) is 32.0 Å². The van der Waals surface area contributed by atoms with Crippen molar-refractivity contribution in [2.45, 2.75) is 33.3 Å². The average Bonchev–Trinajstić information content (AvgIpc) is 3.13. The van der Waals surface area contributed by atoms with Gasteiger partial charge in [0.05, 0.1) is 11.9 Å². The number of thiazole rings is 1. The molecule has 168 valence electrons. The predicted octanol–water partition coefficient (Wildman–Crippen LogP) is 3.83. The molecule has 8 nitrogen and oxygen atoms in total. The third-order valence-corrected chi connectivity index (χ3v) is 5.42. The van der Waals surface area contributed by atoms with E-state index in [-0.39, 0.29) is 6.09 Å². The number of nitrogens with one attached hydrogen (secondary N) is 1. The van der Waals surface area contributed by atoms with E-state index >= 15 is 0 Å². The minimum absolute atomic E-state index is 0.235. The summed E-state index contributed by atoms with van der Waals surface area (Å²) in [6.07, 6.45) is 1.51.